The lowest BCUT2D eigenvalue weighted by Gasteiger charge is -2.16. The molecule has 0 unspecified atom stereocenters. The van der Waals surface area contributed by atoms with Gasteiger partial charge in [-0.25, -0.2) is 4.98 Å². The number of furan rings is 1. The lowest BCUT2D eigenvalue weighted by atomic mass is 9.97. The topological polar surface area (TPSA) is 68.3 Å². The number of aromatic nitrogens is 2. The molecule has 152 valence electrons. The fourth-order valence-corrected chi connectivity index (χ4v) is 6.42. The van der Waals surface area contributed by atoms with E-state index in [9.17, 15) is 9.59 Å². The first-order valence-electron chi connectivity index (χ1n) is 10.2. The van der Waals surface area contributed by atoms with Crippen LogP contribution in [0.3, 0.4) is 0 Å². The highest BCUT2D eigenvalue weighted by Gasteiger charge is 2.24. The maximum Gasteiger partial charge on any atom is 0.263 e. The van der Waals surface area contributed by atoms with Gasteiger partial charge in [0.15, 0.2) is 5.16 Å². The summed E-state index contributed by atoms with van der Waals surface area (Å²) in [6.45, 7) is 2.00. The second-order valence-corrected chi connectivity index (χ2v) is 9.66. The molecule has 29 heavy (non-hydrogen) atoms. The van der Waals surface area contributed by atoms with E-state index in [0.29, 0.717) is 23.2 Å². The van der Waals surface area contributed by atoms with Gasteiger partial charge in [0.1, 0.15) is 10.6 Å². The minimum Gasteiger partial charge on any atom is -0.467 e. The van der Waals surface area contributed by atoms with Crippen LogP contribution in [-0.4, -0.2) is 39.2 Å². The van der Waals surface area contributed by atoms with E-state index in [1.807, 2.05) is 17.0 Å². The van der Waals surface area contributed by atoms with E-state index in [4.69, 9.17) is 9.40 Å². The number of aryl methyl sites for hydroxylation is 2. The zero-order valence-electron chi connectivity index (χ0n) is 16.2. The number of thiophene rings is 1. The second-order valence-electron chi connectivity index (χ2n) is 7.63. The smallest absolute Gasteiger partial charge is 0.263 e. The lowest BCUT2D eigenvalue weighted by Crippen LogP contribution is -2.30. The van der Waals surface area contributed by atoms with Crippen LogP contribution in [0.2, 0.25) is 0 Å². The number of hydrogen-bond acceptors (Lipinski definition) is 6. The minimum absolute atomic E-state index is 0.0121. The number of nitrogens with zero attached hydrogens (tertiary/aromatic N) is 3. The van der Waals surface area contributed by atoms with Crippen molar-refractivity contribution in [2.24, 2.45) is 0 Å². The zero-order valence-corrected chi connectivity index (χ0v) is 17.8. The van der Waals surface area contributed by atoms with Crippen molar-refractivity contribution >= 4 is 39.2 Å². The minimum atomic E-state index is -0.0121. The lowest BCUT2D eigenvalue weighted by molar-refractivity contribution is -0.127. The summed E-state index contributed by atoms with van der Waals surface area (Å²) < 4.78 is 7.18. The number of carbonyl (C=O) groups is 1. The Morgan fingerprint density at radius 1 is 1.21 bits per heavy atom. The third kappa shape index (κ3) is 3.64. The summed E-state index contributed by atoms with van der Waals surface area (Å²) in [5.41, 5.74) is 1.17. The largest absolute Gasteiger partial charge is 0.467 e. The molecule has 8 heteroatoms. The number of carbonyl (C=O) groups excluding carboxylic acids is 1. The Labute approximate surface area is 176 Å². The van der Waals surface area contributed by atoms with E-state index >= 15 is 0 Å². The molecule has 0 bridgehead atoms. The number of likely N-dealkylation sites (tertiary alicyclic amines) is 1. The monoisotopic (exact) mass is 429 g/mol. The zero-order chi connectivity index (χ0) is 19.8. The summed E-state index contributed by atoms with van der Waals surface area (Å²) in [5.74, 6) is 1.14. The normalized spacial score (nSPS) is 16.5. The van der Waals surface area contributed by atoms with E-state index in [1.54, 1.807) is 22.2 Å². The van der Waals surface area contributed by atoms with Gasteiger partial charge < -0.3 is 9.32 Å². The summed E-state index contributed by atoms with van der Waals surface area (Å²) in [6.07, 6.45) is 8.04. The van der Waals surface area contributed by atoms with Crippen LogP contribution in [0, 0.1) is 0 Å². The molecule has 4 heterocycles. The standard InChI is InChI=1S/C21H23N3O3S2/c25-17(23-9-3-4-10-23)13-28-21-22-19-18(15-7-1-2-8-16(15)29-19)20(26)24(21)12-14-6-5-11-27-14/h5-6,11H,1-4,7-10,12-13H2. The van der Waals surface area contributed by atoms with Crippen molar-refractivity contribution < 1.29 is 9.21 Å². The highest BCUT2D eigenvalue weighted by molar-refractivity contribution is 7.99. The summed E-state index contributed by atoms with van der Waals surface area (Å²) in [6, 6.07) is 3.69. The summed E-state index contributed by atoms with van der Waals surface area (Å²) in [7, 11) is 0. The molecule has 1 amide bonds. The number of thioether (sulfide) groups is 1. The van der Waals surface area contributed by atoms with Crippen LogP contribution >= 0.6 is 23.1 Å². The molecule has 1 fully saturated rings. The molecule has 1 aliphatic carbocycles. The van der Waals surface area contributed by atoms with Crippen molar-refractivity contribution in [2.75, 3.05) is 18.8 Å². The summed E-state index contributed by atoms with van der Waals surface area (Å²) >= 11 is 3.01. The highest BCUT2D eigenvalue weighted by atomic mass is 32.2. The Morgan fingerprint density at radius 3 is 2.83 bits per heavy atom. The van der Waals surface area contributed by atoms with Gasteiger partial charge in [-0.3, -0.25) is 14.2 Å². The Balaban J connectivity index is 1.53. The molecule has 1 saturated heterocycles. The van der Waals surface area contributed by atoms with Gasteiger partial charge in [-0.15, -0.1) is 11.3 Å². The Kier molecular flexibility index (Phi) is 5.22. The van der Waals surface area contributed by atoms with Gasteiger partial charge in [0, 0.05) is 18.0 Å². The van der Waals surface area contributed by atoms with Crippen LogP contribution in [0.1, 0.15) is 41.9 Å². The Hall–Kier alpha value is -2.06. The SMILES string of the molecule is O=C(CSc1nc2sc3c(c2c(=O)n1Cc1ccco1)CCCC3)N1CCCC1. The number of amides is 1. The molecule has 0 spiro atoms. The van der Waals surface area contributed by atoms with Crippen LogP contribution < -0.4 is 5.56 Å². The predicted octanol–water partition coefficient (Wildman–Crippen LogP) is 3.69. The molecule has 5 rings (SSSR count). The Bertz CT molecular complexity index is 1090. The molecule has 0 aromatic carbocycles. The fraction of sp³-hybridized carbons (Fsp3) is 0.476. The molecule has 0 N–H and O–H groups in total. The molecule has 3 aromatic heterocycles. The highest BCUT2D eigenvalue weighted by Crippen LogP contribution is 2.35. The van der Waals surface area contributed by atoms with Crippen molar-refractivity contribution in [3.63, 3.8) is 0 Å². The summed E-state index contributed by atoms with van der Waals surface area (Å²) in [5, 5.41) is 1.37. The van der Waals surface area contributed by atoms with Gasteiger partial charge in [0.2, 0.25) is 5.91 Å². The van der Waals surface area contributed by atoms with Gasteiger partial charge >= 0.3 is 0 Å². The van der Waals surface area contributed by atoms with Crippen LogP contribution in [0.25, 0.3) is 10.2 Å². The van der Waals surface area contributed by atoms with Gasteiger partial charge in [-0.05, 0) is 56.2 Å². The number of hydrogen-bond donors (Lipinski definition) is 0. The summed E-state index contributed by atoms with van der Waals surface area (Å²) in [4.78, 5) is 34.9. The Morgan fingerprint density at radius 2 is 2.03 bits per heavy atom. The van der Waals surface area contributed by atoms with Gasteiger partial charge in [-0.1, -0.05) is 11.8 Å². The third-order valence-electron chi connectivity index (χ3n) is 5.72. The maximum atomic E-state index is 13.5. The van der Waals surface area contributed by atoms with E-state index in [0.717, 1.165) is 55.4 Å². The van der Waals surface area contributed by atoms with Crippen LogP contribution in [-0.2, 0) is 24.2 Å². The third-order valence-corrected chi connectivity index (χ3v) is 7.86. The van der Waals surface area contributed by atoms with Crippen molar-refractivity contribution in [2.45, 2.75) is 50.2 Å². The van der Waals surface area contributed by atoms with Crippen molar-refractivity contribution in [3.05, 3.63) is 45.0 Å². The van der Waals surface area contributed by atoms with E-state index in [1.165, 1.54) is 28.6 Å². The number of rotatable bonds is 5. The molecule has 2 aliphatic rings. The van der Waals surface area contributed by atoms with E-state index < -0.39 is 0 Å². The molecule has 0 atom stereocenters. The predicted molar refractivity (Wildman–Crippen MR) is 115 cm³/mol. The van der Waals surface area contributed by atoms with Crippen LogP contribution in [0.5, 0.6) is 0 Å². The van der Waals surface area contributed by atoms with Crippen molar-refractivity contribution in [1.29, 1.82) is 0 Å². The molecule has 0 saturated carbocycles. The quantitative estimate of drug-likeness (QED) is 0.457. The fourth-order valence-electron chi connectivity index (χ4n) is 4.21. The molecule has 6 nitrogen and oxygen atoms in total. The average molecular weight is 430 g/mol. The second kappa shape index (κ2) is 7.99. The van der Waals surface area contributed by atoms with E-state index in [2.05, 4.69) is 0 Å². The molecule has 3 aromatic rings. The van der Waals surface area contributed by atoms with Gasteiger partial charge in [0.25, 0.3) is 5.56 Å². The molecule has 0 radical (unpaired) electrons. The van der Waals surface area contributed by atoms with Gasteiger partial charge in [0.05, 0.1) is 23.9 Å². The van der Waals surface area contributed by atoms with Gasteiger partial charge in [-0.2, -0.15) is 0 Å². The first-order chi connectivity index (χ1) is 14.2. The average Bonchev–Trinajstić information content (AvgIpc) is 3.49. The van der Waals surface area contributed by atoms with Crippen molar-refractivity contribution in [1.82, 2.24) is 14.5 Å². The van der Waals surface area contributed by atoms with E-state index in [-0.39, 0.29) is 11.5 Å². The molecular weight excluding hydrogens is 406 g/mol. The first kappa shape index (κ1) is 18.9. The first-order valence-corrected chi connectivity index (χ1v) is 12.0. The number of fused-ring (bicyclic) bond motifs is 3. The molecular formula is C21H23N3O3S2. The maximum absolute atomic E-state index is 13.5. The molecule has 1 aliphatic heterocycles. The van der Waals surface area contributed by atoms with Crippen LogP contribution in [0.15, 0.2) is 32.8 Å². The van der Waals surface area contributed by atoms with Crippen LogP contribution in [0.4, 0.5) is 0 Å². The van der Waals surface area contributed by atoms with Crippen molar-refractivity contribution in [3.8, 4) is 0 Å².